The number of hydrogen-bond acceptors (Lipinski definition) is 7. The van der Waals surface area contributed by atoms with E-state index in [2.05, 4.69) is 79.5 Å². The molecule has 0 radical (unpaired) electrons. The first-order valence-electron chi connectivity index (χ1n) is 9.67. The quantitative estimate of drug-likeness (QED) is 0.732. The second-order valence-electron chi connectivity index (χ2n) is 7.20. The van der Waals surface area contributed by atoms with Crippen LogP contribution in [0.3, 0.4) is 0 Å². The molecule has 1 aliphatic heterocycles. The van der Waals surface area contributed by atoms with Crippen molar-refractivity contribution in [2.24, 2.45) is 0 Å². The maximum atomic E-state index is 4.65. The Morgan fingerprint density at radius 1 is 0.893 bits per heavy atom. The molecule has 3 aromatic rings. The van der Waals surface area contributed by atoms with Gasteiger partial charge in [0.25, 0.3) is 0 Å². The van der Waals surface area contributed by atoms with Crippen molar-refractivity contribution in [2.75, 3.05) is 41.3 Å². The van der Waals surface area contributed by atoms with Crippen molar-refractivity contribution in [2.45, 2.75) is 19.8 Å². The molecule has 1 aromatic carbocycles. The molecule has 28 heavy (non-hydrogen) atoms. The van der Waals surface area contributed by atoms with Gasteiger partial charge in [-0.3, -0.25) is 0 Å². The minimum absolute atomic E-state index is 0.514. The molecule has 0 atom stereocenters. The van der Waals surface area contributed by atoms with E-state index in [1.54, 1.807) is 6.20 Å². The Balaban J connectivity index is 1.40. The molecule has 0 aliphatic carbocycles. The molecule has 1 saturated heterocycles. The van der Waals surface area contributed by atoms with E-state index < -0.39 is 0 Å². The predicted octanol–water partition coefficient (Wildman–Crippen LogP) is 3.46. The number of rotatable bonds is 5. The van der Waals surface area contributed by atoms with Crippen molar-refractivity contribution in [1.82, 2.24) is 20.2 Å². The molecule has 3 heterocycles. The van der Waals surface area contributed by atoms with Crippen LogP contribution in [0.25, 0.3) is 0 Å². The van der Waals surface area contributed by atoms with Gasteiger partial charge in [0.2, 0.25) is 5.95 Å². The number of benzene rings is 1. The highest BCUT2D eigenvalue weighted by Gasteiger charge is 2.19. The summed E-state index contributed by atoms with van der Waals surface area (Å²) in [7, 11) is 0. The molecule has 4 rings (SSSR count). The van der Waals surface area contributed by atoms with Gasteiger partial charge in [0.15, 0.2) is 5.82 Å². The van der Waals surface area contributed by atoms with Gasteiger partial charge in [-0.15, -0.1) is 5.10 Å². The molecular weight excluding hydrogens is 350 g/mol. The molecule has 0 bridgehead atoms. The Morgan fingerprint density at radius 2 is 1.61 bits per heavy atom. The predicted molar refractivity (Wildman–Crippen MR) is 112 cm³/mol. The highest BCUT2D eigenvalue weighted by molar-refractivity contribution is 5.55. The number of pyridine rings is 1. The van der Waals surface area contributed by atoms with Crippen LogP contribution >= 0.6 is 0 Å². The van der Waals surface area contributed by atoms with E-state index in [9.17, 15) is 0 Å². The van der Waals surface area contributed by atoms with Crippen molar-refractivity contribution >= 4 is 23.3 Å². The van der Waals surface area contributed by atoms with Crippen molar-refractivity contribution in [3.8, 4) is 0 Å². The lowest BCUT2D eigenvalue weighted by molar-refractivity contribution is 0.639. The Kier molecular flexibility index (Phi) is 5.32. The minimum Gasteiger partial charge on any atom is -0.353 e. The Bertz CT molecular complexity index is 888. The number of hydrogen-bond donors (Lipinski definition) is 1. The Labute approximate surface area is 165 Å². The molecule has 7 heteroatoms. The van der Waals surface area contributed by atoms with Gasteiger partial charge in [-0.2, -0.15) is 10.1 Å². The molecule has 0 saturated carbocycles. The largest absolute Gasteiger partial charge is 0.353 e. The molecule has 7 nitrogen and oxygen atoms in total. The summed E-state index contributed by atoms with van der Waals surface area (Å²) < 4.78 is 0. The lowest BCUT2D eigenvalue weighted by Crippen LogP contribution is -2.47. The normalized spacial score (nSPS) is 14.4. The molecule has 1 aliphatic rings. The van der Waals surface area contributed by atoms with Crippen molar-refractivity contribution in [1.29, 1.82) is 0 Å². The van der Waals surface area contributed by atoms with Gasteiger partial charge < -0.3 is 15.1 Å². The summed E-state index contributed by atoms with van der Waals surface area (Å²) in [4.78, 5) is 13.6. The molecular formula is C21H25N7. The van der Waals surface area contributed by atoms with Crippen LogP contribution in [-0.2, 0) is 0 Å². The van der Waals surface area contributed by atoms with Gasteiger partial charge in [0, 0.05) is 38.1 Å². The number of anilines is 4. The monoisotopic (exact) mass is 375 g/mol. The van der Waals surface area contributed by atoms with Crippen molar-refractivity contribution in [3.05, 3.63) is 60.4 Å². The summed E-state index contributed by atoms with van der Waals surface area (Å²) in [6, 6.07) is 14.4. The van der Waals surface area contributed by atoms with Crippen molar-refractivity contribution < 1.29 is 0 Å². The first-order chi connectivity index (χ1) is 13.7. The average Bonchev–Trinajstić information content (AvgIpc) is 2.75. The van der Waals surface area contributed by atoms with Crippen LogP contribution in [0.5, 0.6) is 0 Å². The SMILES string of the molecule is CC(C)c1ccc(Nc2nncc(N3CCN(c4ccccn4)CC3)n2)cc1. The smallest absolute Gasteiger partial charge is 0.249 e. The van der Waals surface area contributed by atoms with Crippen LogP contribution in [0.4, 0.5) is 23.3 Å². The zero-order valence-electron chi connectivity index (χ0n) is 16.3. The number of nitrogens with one attached hydrogen (secondary N) is 1. The van der Waals surface area contributed by atoms with Gasteiger partial charge in [-0.1, -0.05) is 32.0 Å². The summed E-state index contributed by atoms with van der Waals surface area (Å²) in [5.74, 6) is 2.90. The van der Waals surface area contributed by atoms with E-state index in [0.717, 1.165) is 43.5 Å². The highest BCUT2D eigenvalue weighted by Crippen LogP contribution is 2.21. The summed E-state index contributed by atoms with van der Waals surface area (Å²) in [6.07, 6.45) is 3.56. The van der Waals surface area contributed by atoms with E-state index in [-0.39, 0.29) is 0 Å². The molecule has 1 N–H and O–H groups in total. The van der Waals surface area contributed by atoms with Crippen LogP contribution in [0.15, 0.2) is 54.9 Å². The standard InChI is InChI=1S/C21H25N7/c1-16(2)17-6-8-18(9-7-17)24-21-25-20(15-23-26-21)28-13-11-27(12-14-28)19-5-3-4-10-22-19/h3-10,15-16H,11-14H2,1-2H3,(H,24,25,26). The fourth-order valence-electron chi connectivity index (χ4n) is 3.29. The molecule has 144 valence electrons. The molecule has 0 amide bonds. The van der Waals surface area contributed by atoms with Crippen LogP contribution in [0, 0.1) is 0 Å². The number of aromatic nitrogens is 4. The van der Waals surface area contributed by atoms with Gasteiger partial charge in [-0.25, -0.2) is 4.98 Å². The summed E-state index contributed by atoms with van der Waals surface area (Å²) in [5.41, 5.74) is 2.27. The van der Waals surface area contributed by atoms with Gasteiger partial charge in [-0.05, 0) is 35.7 Å². The average molecular weight is 375 g/mol. The van der Waals surface area contributed by atoms with E-state index in [1.165, 1.54) is 5.56 Å². The second kappa shape index (κ2) is 8.21. The lowest BCUT2D eigenvalue weighted by Gasteiger charge is -2.35. The van der Waals surface area contributed by atoms with Crippen molar-refractivity contribution in [3.63, 3.8) is 0 Å². The maximum absolute atomic E-state index is 4.65. The van der Waals surface area contributed by atoms with Crippen LogP contribution in [-0.4, -0.2) is 46.3 Å². The third-order valence-electron chi connectivity index (χ3n) is 4.96. The minimum atomic E-state index is 0.514. The first-order valence-corrected chi connectivity index (χ1v) is 9.67. The van der Waals surface area contributed by atoms with Crippen LogP contribution in [0.1, 0.15) is 25.3 Å². The van der Waals surface area contributed by atoms with E-state index >= 15 is 0 Å². The van der Waals surface area contributed by atoms with Gasteiger partial charge in [0.1, 0.15) is 5.82 Å². The topological polar surface area (TPSA) is 70.1 Å². The summed E-state index contributed by atoms with van der Waals surface area (Å²) >= 11 is 0. The zero-order valence-corrected chi connectivity index (χ0v) is 16.3. The fourth-order valence-corrected chi connectivity index (χ4v) is 3.29. The van der Waals surface area contributed by atoms with E-state index in [0.29, 0.717) is 11.9 Å². The number of piperazine rings is 1. The van der Waals surface area contributed by atoms with Gasteiger partial charge >= 0.3 is 0 Å². The third-order valence-corrected chi connectivity index (χ3v) is 4.96. The molecule has 0 spiro atoms. The van der Waals surface area contributed by atoms with Crippen LogP contribution < -0.4 is 15.1 Å². The van der Waals surface area contributed by atoms with Crippen LogP contribution in [0.2, 0.25) is 0 Å². The maximum Gasteiger partial charge on any atom is 0.249 e. The zero-order chi connectivity index (χ0) is 19.3. The lowest BCUT2D eigenvalue weighted by atomic mass is 10.0. The highest BCUT2D eigenvalue weighted by atomic mass is 15.3. The van der Waals surface area contributed by atoms with E-state index in [1.807, 2.05) is 18.3 Å². The molecule has 1 fully saturated rings. The fraction of sp³-hybridized carbons (Fsp3) is 0.333. The Hall–Kier alpha value is -3.22. The second-order valence-corrected chi connectivity index (χ2v) is 7.20. The number of nitrogens with zero attached hydrogens (tertiary/aromatic N) is 6. The summed E-state index contributed by atoms with van der Waals surface area (Å²) in [5, 5.41) is 11.5. The third kappa shape index (κ3) is 4.19. The van der Waals surface area contributed by atoms with E-state index in [4.69, 9.17) is 0 Å². The summed E-state index contributed by atoms with van der Waals surface area (Å²) in [6.45, 7) is 7.93. The molecule has 0 unspecified atom stereocenters. The molecule has 2 aromatic heterocycles. The Morgan fingerprint density at radius 3 is 2.25 bits per heavy atom. The van der Waals surface area contributed by atoms with Gasteiger partial charge in [0.05, 0.1) is 6.20 Å². The first kappa shape index (κ1) is 18.2.